The molecule has 1 aromatic heterocycles. The Morgan fingerprint density at radius 2 is 2.14 bits per heavy atom. The van der Waals surface area contributed by atoms with Crippen molar-refractivity contribution in [3.05, 3.63) is 12.0 Å². The molecular weight excluding hydrogens is 288 g/mol. The lowest BCUT2D eigenvalue weighted by atomic mass is 10.1. The first-order valence-corrected chi connectivity index (χ1v) is 9.17. The van der Waals surface area contributed by atoms with E-state index in [1.165, 1.54) is 12.8 Å². The number of hydrogen-bond donors (Lipinski definition) is 1. The van der Waals surface area contributed by atoms with Gasteiger partial charge >= 0.3 is 0 Å². The highest BCUT2D eigenvalue weighted by molar-refractivity contribution is 7.89. The number of imidazole rings is 1. The predicted molar refractivity (Wildman–Crippen MR) is 80.5 cm³/mol. The summed E-state index contributed by atoms with van der Waals surface area (Å²) in [6.07, 6.45) is 6.98. The van der Waals surface area contributed by atoms with Crippen molar-refractivity contribution >= 4 is 10.0 Å². The number of piperidine rings is 1. The molecule has 0 spiro atoms. The minimum absolute atomic E-state index is 0.168. The van der Waals surface area contributed by atoms with Crippen LogP contribution in [0.25, 0.3) is 0 Å². The molecule has 1 saturated carbocycles. The summed E-state index contributed by atoms with van der Waals surface area (Å²) in [5, 5.41) is 3.63. The Morgan fingerprint density at radius 1 is 1.38 bits per heavy atom. The zero-order chi connectivity index (χ0) is 15.0. The summed E-state index contributed by atoms with van der Waals surface area (Å²) in [6, 6.07) is 0.444. The molecule has 21 heavy (non-hydrogen) atoms. The fraction of sp³-hybridized carbons (Fsp3) is 0.786. The predicted octanol–water partition coefficient (Wildman–Crippen LogP) is 1.02. The Labute approximate surface area is 126 Å². The molecule has 1 aliphatic heterocycles. The van der Waals surface area contributed by atoms with E-state index in [2.05, 4.69) is 10.3 Å². The molecule has 1 aliphatic carbocycles. The highest BCUT2D eigenvalue weighted by atomic mass is 32.2. The minimum Gasteiger partial charge on any atom is -0.337 e. The van der Waals surface area contributed by atoms with E-state index in [1.54, 1.807) is 15.1 Å². The molecule has 7 heteroatoms. The second-order valence-electron chi connectivity index (χ2n) is 6.19. The third kappa shape index (κ3) is 3.14. The van der Waals surface area contributed by atoms with Crippen LogP contribution in [0.2, 0.25) is 0 Å². The number of rotatable bonds is 5. The van der Waals surface area contributed by atoms with Crippen LogP contribution in [0.1, 0.15) is 37.9 Å². The van der Waals surface area contributed by atoms with Crippen LogP contribution in [-0.4, -0.2) is 47.4 Å². The van der Waals surface area contributed by atoms with Gasteiger partial charge in [-0.15, -0.1) is 0 Å². The maximum atomic E-state index is 12.9. The van der Waals surface area contributed by atoms with Crippen LogP contribution in [0.5, 0.6) is 0 Å². The third-order valence-electron chi connectivity index (χ3n) is 4.43. The number of nitrogens with one attached hydrogen (secondary N) is 1. The smallest absolute Gasteiger partial charge is 0.262 e. The second kappa shape index (κ2) is 5.70. The second-order valence-corrected chi connectivity index (χ2v) is 8.03. The molecule has 3 rings (SSSR count). The van der Waals surface area contributed by atoms with E-state index in [0.717, 1.165) is 31.6 Å². The van der Waals surface area contributed by atoms with Crippen molar-refractivity contribution in [2.45, 2.75) is 56.1 Å². The number of nitrogens with zero attached hydrogens (tertiary/aromatic N) is 3. The van der Waals surface area contributed by atoms with Gasteiger partial charge in [-0.2, -0.15) is 4.31 Å². The summed E-state index contributed by atoms with van der Waals surface area (Å²) in [6.45, 7) is 3.39. The molecule has 0 bridgehead atoms. The van der Waals surface area contributed by atoms with Crippen molar-refractivity contribution in [2.75, 3.05) is 13.1 Å². The van der Waals surface area contributed by atoms with E-state index in [1.807, 2.05) is 14.0 Å². The first-order chi connectivity index (χ1) is 9.98. The average Bonchev–Trinajstić information content (AvgIpc) is 3.23. The van der Waals surface area contributed by atoms with Crippen molar-refractivity contribution in [1.29, 1.82) is 0 Å². The zero-order valence-corrected chi connectivity index (χ0v) is 13.6. The van der Waals surface area contributed by atoms with E-state index in [4.69, 9.17) is 0 Å². The van der Waals surface area contributed by atoms with Crippen LogP contribution in [0.15, 0.2) is 11.2 Å². The van der Waals surface area contributed by atoms with Crippen LogP contribution in [0, 0.1) is 6.92 Å². The zero-order valence-electron chi connectivity index (χ0n) is 12.7. The Bertz CT molecular complexity index is 581. The van der Waals surface area contributed by atoms with E-state index in [9.17, 15) is 8.42 Å². The monoisotopic (exact) mass is 312 g/mol. The summed E-state index contributed by atoms with van der Waals surface area (Å²) in [7, 11) is -1.65. The average molecular weight is 312 g/mol. The summed E-state index contributed by atoms with van der Waals surface area (Å²) in [5.41, 5.74) is 0. The fourth-order valence-electron chi connectivity index (χ4n) is 2.87. The molecule has 118 valence electrons. The number of hydrogen-bond acceptors (Lipinski definition) is 4. The van der Waals surface area contributed by atoms with Crippen molar-refractivity contribution in [3.63, 3.8) is 0 Å². The SMILES string of the molecule is Cc1nc(S(=O)(=O)N(CC2CCCCN2)C2CC2)cn1C. The van der Waals surface area contributed by atoms with Gasteiger partial charge in [0, 0.05) is 31.9 Å². The Hall–Kier alpha value is -0.920. The maximum Gasteiger partial charge on any atom is 0.262 e. The van der Waals surface area contributed by atoms with Gasteiger partial charge in [-0.05, 0) is 39.2 Å². The molecule has 1 unspecified atom stereocenters. The highest BCUT2D eigenvalue weighted by Gasteiger charge is 2.40. The van der Waals surface area contributed by atoms with E-state index in [0.29, 0.717) is 6.54 Å². The first-order valence-electron chi connectivity index (χ1n) is 7.73. The molecule has 1 saturated heterocycles. The Balaban J connectivity index is 1.82. The lowest BCUT2D eigenvalue weighted by molar-refractivity contribution is 0.307. The standard InChI is InChI=1S/C14H24N4O2S/c1-11-16-14(10-17(11)2)21(19,20)18(13-6-7-13)9-12-5-3-4-8-15-12/h10,12-13,15H,3-9H2,1-2H3. The van der Waals surface area contributed by atoms with Crippen LogP contribution < -0.4 is 5.32 Å². The largest absolute Gasteiger partial charge is 0.337 e. The van der Waals surface area contributed by atoms with Crippen molar-refractivity contribution < 1.29 is 8.42 Å². The van der Waals surface area contributed by atoms with Gasteiger partial charge in [-0.3, -0.25) is 0 Å². The van der Waals surface area contributed by atoms with Crippen LogP contribution in [0.3, 0.4) is 0 Å². The third-order valence-corrected chi connectivity index (χ3v) is 6.22. The van der Waals surface area contributed by atoms with Gasteiger partial charge in [0.2, 0.25) is 0 Å². The molecule has 0 radical (unpaired) electrons. The molecule has 1 aromatic rings. The van der Waals surface area contributed by atoms with E-state index in [-0.39, 0.29) is 17.1 Å². The lowest BCUT2D eigenvalue weighted by Gasteiger charge is -2.29. The van der Waals surface area contributed by atoms with Gasteiger partial charge in [0.15, 0.2) is 5.03 Å². The van der Waals surface area contributed by atoms with E-state index >= 15 is 0 Å². The molecule has 1 N–H and O–H groups in total. The molecule has 2 aliphatic rings. The summed E-state index contributed by atoms with van der Waals surface area (Å²) in [5.74, 6) is 0.722. The van der Waals surface area contributed by atoms with Crippen molar-refractivity contribution in [3.8, 4) is 0 Å². The number of aromatic nitrogens is 2. The van der Waals surface area contributed by atoms with Gasteiger partial charge in [-0.25, -0.2) is 13.4 Å². The summed E-state index contributed by atoms with van der Waals surface area (Å²) in [4.78, 5) is 4.22. The van der Waals surface area contributed by atoms with Gasteiger partial charge in [0.25, 0.3) is 10.0 Å². The van der Waals surface area contributed by atoms with E-state index < -0.39 is 10.0 Å². The summed E-state index contributed by atoms with van der Waals surface area (Å²) >= 11 is 0. The highest BCUT2D eigenvalue weighted by Crippen LogP contribution is 2.32. The molecule has 0 amide bonds. The molecular formula is C14H24N4O2S. The van der Waals surface area contributed by atoms with Crippen LogP contribution in [0.4, 0.5) is 0 Å². The van der Waals surface area contributed by atoms with Gasteiger partial charge in [-0.1, -0.05) is 6.42 Å². The Morgan fingerprint density at radius 3 is 2.67 bits per heavy atom. The molecule has 1 atom stereocenters. The molecule has 6 nitrogen and oxygen atoms in total. The molecule has 2 heterocycles. The number of aryl methyl sites for hydroxylation is 2. The quantitative estimate of drug-likeness (QED) is 0.881. The van der Waals surface area contributed by atoms with Gasteiger partial charge in [0.05, 0.1) is 0 Å². The minimum atomic E-state index is -3.48. The summed E-state index contributed by atoms with van der Waals surface area (Å²) < 4.78 is 29.2. The van der Waals surface area contributed by atoms with Crippen LogP contribution in [-0.2, 0) is 17.1 Å². The number of sulfonamides is 1. The van der Waals surface area contributed by atoms with Crippen molar-refractivity contribution in [1.82, 2.24) is 19.2 Å². The molecule has 2 fully saturated rings. The first kappa shape index (κ1) is 15.0. The maximum absolute atomic E-state index is 12.9. The van der Waals surface area contributed by atoms with Crippen LogP contribution >= 0.6 is 0 Å². The Kier molecular flexibility index (Phi) is 4.07. The lowest BCUT2D eigenvalue weighted by Crippen LogP contribution is -2.46. The van der Waals surface area contributed by atoms with Gasteiger partial charge in [0.1, 0.15) is 5.82 Å². The topological polar surface area (TPSA) is 67.2 Å². The van der Waals surface area contributed by atoms with Crippen molar-refractivity contribution in [2.24, 2.45) is 7.05 Å². The van der Waals surface area contributed by atoms with Gasteiger partial charge < -0.3 is 9.88 Å². The fourth-order valence-corrected chi connectivity index (χ4v) is 4.63. The normalized spacial score (nSPS) is 23.7. The molecule has 0 aromatic carbocycles.